The Morgan fingerprint density at radius 2 is 2.15 bits per heavy atom. The van der Waals surface area contributed by atoms with Crippen LogP contribution in [-0.2, 0) is 11.3 Å². The highest BCUT2D eigenvalue weighted by molar-refractivity contribution is 7.15. The van der Waals surface area contributed by atoms with Gasteiger partial charge in [0, 0.05) is 43.8 Å². The molecule has 20 heavy (non-hydrogen) atoms. The lowest BCUT2D eigenvalue weighted by atomic mass is 10.3. The van der Waals surface area contributed by atoms with Gasteiger partial charge in [0.15, 0.2) is 4.96 Å². The van der Waals surface area contributed by atoms with Gasteiger partial charge in [0.25, 0.3) is 0 Å². The predicted octanol–water partition coefficient (Wildman–Crippen LogP) is 1.43. The Kier molecular flexibility index (Phi) is 4.35. The van der Waals surface area contributed by atoms with Gasteiger partial charge < -0.3 is 10.1 Å². The van der Waals surface area contributed by atoms with Gasteiger partial charge in [-0.15, -0.1) is 11.3 Å². The SMILES string of the molecule is Cc1nc2scc(C)n2c1CNCCN1CCOCC1. The third-order valence-electron chi connectivity index (χ3n) is 3.83. The van der Waals surface area contributed by atoms with E-state index >= 15 is 0 Å². The second-order valence-electron chi connectivity index (χ2n) is 5.27. The van der Waals surface area contributed by atoms with Gasteiger partial charge in [-0.3, -0.25) is 9.30 Å². The standard InChI is InChI=1S/C14H22N4OS/c1-11-10-20-14-16-12(2)13(18(11)14)9-15-3-4-17-5-7-19-8-6-17/h10,15H,3-9H2,1-2H3. The van der Waals surface area contributed by atoms with Crippen LogP contribution in [0.1, 0.15) is 17.1 Å². The zero-order valence-corrected chi connectivity index (χ0v) is 13.0. The van der Waals surface area contributed by atoms with E-state index in [0.717, 1.165) is 56.6 Å². The van der Waals surface area contributed by atoms with E-state index in [1.54, 1.807) is 11.3 Å². The Balaban J connectivity index is 1.54. The average molecular weight is 294 g/mol. The summed E-state index contributed by atoms with van der Waals surface area (Å²) in [5, 5.41) is 5.71. The summed E-state index contributed by atoms with van der Waals surface area (Å²) in [6.45, 7) is 11.1. The zero-order valence-electron chi connectivity index (χ0n) is 12.2. The second-order valence-corrected chi connectivity index (χ2v) is 6.11. The van der Waals surface area contributed by atoms with Crippen LogP contribution < -0.4 is 5.32 Å². The number of fused-ring (bicyclic) bond motifs is 1. The molecule has 5 nitrogen and oxygen atoms in total. The molecule has 3 rings (SSSR count). The van der Waals surface area contributed by atoms with Crippen LogP contribution in [0.3, 0.4) is 0 Å². The Labute approximate surface area is 123 Å². The van der Waals surface area contributed by atoms with E-state index in [2.05, 4.69) is 38.8 Å². The number of ether oxygens (including phenoxy) is 1. The molecule has 1 aliphatic heterocycles. The summed E-state index contributed by atoms with van der Waals surface area (Å²) in [7, 11) is 0. The number of aromatic nitrogens is 2. The summed E-state index contributed by atoms with van der Waals surface area (Å²) in [5.41, 5.74) is 3.70. The maximum absolute atomic E-state index is 5.36. The summed E-state index contributed by atoms with van der Waals surface area (Å²) >= 11 is 1.71. The molecule has 1 aliphatic rings. The first-order chi connectivity index (χ1) is 9.75. The minimum Gasteiger partial charge on any atom is -0.379 e. The number of hydrogen-bond acceptors (Lipinski definition) is 5. The van der Waals surface area contributed by atoms with Crippen molar-refractivity contribution in [2.75, 3.05) is 39.4 Å². The molecule has 3 heterocycles. The average Bonchev–Trinajstić information content (AvgIpc) is 2.96. The summed E-state index contributed by atoms with van der Waals surface area (Å²) in [6.07, 6.45) is 0. The van der Waals surface area contributed by atoms with Gasteiger partial charge >= 0.3 is 0 Å². The van der Waals surface area contributed by atoms with Crippen molar-refractivity contribution in [3.05, 3.63) is 22.5 Å². The Morgan fingerprint density at radius 1 is 1.35 bits per heavy atom. The largest absolute Gasteiger partial charge is 0.379 e. The van der Waals surface area contributed by atoms with E-state index in [1.807, 2.05) is 0 Å². The van der Waals surface area contributed by atoms with Crippen molar-refractivity contribution in [1.82, 2.24) is 19.6 Å². The van der Waals surface area contributed by atoms with Gasteiger partial charge in [0.05, 0.1) is 24.6 Å². The van der Waals surface area contributed by atoms with E-state index < -0.39 is 0 Å². The van der Waals surface area contributed by atoms with Crippen molar-refractivity contribution in [2.45, 2.75) is 20.4 Å². The second kappa shape index (κ2) is 6.22. The topological polar surface area (TPSA) is 41.8 Å². The number of nitrogens with zero attached hydrogens (tertiary/aromatic N) is 3. The molecule has 0 radical (unpaired) electrons. The minimum absolute atomic E-state index is 0.871. The summed E-state index contributed by atoms with van der Waals surface area (Å²) in [5.74, 6) is 0. The highest BCUT2D eigenvalue weighted by atomic mass is 32.1. The number of nitrogens with one attached hydrogen (secondary N) is 1. The molecular formula is C14H22N4OS. The van der Waals surface area contributed by atoms with Crippen LogP contribution in [0.4, 0.5) is 0 Å². The summed E-state index contributed by atoms with van der Waals surface area (Å²) in [6, 6.07) is 0. The van der Waals surface area contributed by atoms with Crippen LogP contribution in [-0.4, -0.2) is 53.7 Å². The molecule has 0 saturated carbocycles. The van der Waals surface area contributed by atoms with Crippen LogP contribution in [0.5, 0.6) is 0 Å². The lowest BCUT2D eigenvalue weighted by Gasteiger charge is -2.26. The summed E-state index contributed by atoms with van der Waals surface area (Å²) in [4.78, 5) is 8.17. The van der Waals surface area contributed by atoms with Gasteiger partial charge in [0.1, 0.15) is 0 Å². The number of aryl methyl sites for hydroxylation is 2. The smallest absolute Gasteiger partial charge is 0.194 e. The van der Waals surface area contributed by atoms with Gasteiger partial charge in [-0.2, -0.15) is 0 Å². The van der Waals surface area contributed by atoms with E-state index in [1.165, 1.54) is 11.4 Å². The number of imidazole rings is 1. The van der Waals surface area contributed by atoms with Crippen molar-refractivity contribution in [2.24, 2.45) is 0 Å². The Bertz CT molecular complexity index is 571. The predicted molar refractivity (Wildman–Crippen MR) is 81.5 cm³/mol. The maximum Gasteiger partial charge on any atom is 0.194 e. The first-order valence-corrected chi connectivity index (χ1v) is 8.06. The molecule has 0 bridgehead atoms. The van der Waals surface area contributed by atoms with Crippen LogP contribution in [0.2, 0.25) is 0 Å². The number of thiazole rings is 1. The molecule has 0 unspecified atom stereocenters. The van der Waals surface area contributed by atoms with Gasteiger partial charge in [0.2, 0.25) is 0 Å². The molecule has 2 aromatic heterocycles. The molecule has 1 fully saturated rings. The molecule has 1 saturated heterocycles. The van der Waals surface area contributed by atoms with Crippen LogP contribution in [0.25, 0.3) is 4.96 Å². The first-order valence-electron chi connectivity index (χ1n) is 7.18. The monoisotopic (exact) mass is 294 g/mol. The van der Waals surface area contributed by atoms with Gasteiger partial charge in [-0.25, -0.2) is 4.98 Å². The molecule has 0 aliphatic carbocycles. The van der Waals surface area contributed by atoms with Gasteiger partial charge in [-0.1, -0.05) is 0 Å². The van der Waals surface area contributed by atoms with Crippen LogP contribution in [0, 0.1) is 13.8 Å². The van der Waals surface area contributed by atoms with E-state index in [0.29, 0.717) is 0 Å². The molecule has 110 valence electrons. The van der Waals surface area contributed by atoms with Crippen molar-refractivity contribution in [1.29, 1.82) is 0 Å². The van der Waals surface area contributed by atoms with Crippen molar-refractivity contribution in [3.63, 3.8) is 0 Å². The minimum atomic E-state index is 0.871. The third kappa shape index (κ3) is 2.88. The molecule has 0 atom stereocenters. The van der Waals surface area contributed by atoms with E-state index in [-0.39, 0.29) is 0 Å². The van der Waals surface area contributed by atoms with E-state index in [9.17, 15) is 0 Å². The highest BCUT2D eigenvalue weighted by Crippen LogP contribution is 2.20. The van der Waals surface area contributed by atoms with Crippen LogP contribution >= 0.6 is 11.3 Å². The Hall–Kier alpha value is -0.950. The van der Waals surface area contributed by atoms with E-state index in [4.69, 9.17) is 4.74 Å². The molecule has 6 heteroatoms. The lowest BCUT2D eigenvalue weighted by Crippen LogP contribution is -2.40. The lowest BCUT2D eigenvalue weighted by molar-refractivity contribution is 0.0384. The first kappa shape index (κ1) is 14.0. The summed E-state index contributed by atoms with van der Waals surface area (Å²) < 4.78 is 7.63. The molecule has 0 aromatic carbocycles. The Morgan fingerprint density at radius 3 is 2.95 bits per heavy atom. The fourth-order valence-electron chi connectivity index (χ4n) is 2.64. The third-order valence-corrected chi connectivity index (χ3v) is 4.77. The molecule has 0 spiro atoms. The number of hydrogen-bond donors (Lipinski definition) is 1. The maximum atomic E-state index is 5.36. The number of rotatable bonds is 5. The molecule has 0 amide bonds. The number of morpholine rings is 1. The van der Waals surface area contributed by atoms with Crippen molar-refractivity contribution in [3.8, 4) is 0 Å². The molecule has 1 N–H and O–H groups in total. The van der Waals surface area contributed by atoms with Crippen molar-refractivity contribution >= 4 is 16.3 Å². The van der Waals surface area contributed by atoms with Crippen LogP contribution in [0.15, 0.2) is 5.38 Å². The molecular weight excluding hydrogens is 272 g/mol. The fourth-order valence-corrected chi connectivity index (χ4v) is 3.58. The van der Waals surface area contributed by atoms with Gasteiger partial charge in [-0.05, 0) is 13.8 Å². The zero-order chi connectivity index (χ0) is 13.9. The molecule has 2 aromatic rings. The normalized spacial score (nSPS) is 17.1. The van der Waals surface area contributed by atoms with Crippen molar-refractivity contribution < 1.29 is 4.74 Å². The quantitative estimate of drug-likeness (QED) is 0.847. The fraction of sp³-hybridized carbons (Fsp3) is 0.643. The highest BCUT2D eigenvalue weighted by Gasteiger charge is 2.12.